The number of unbranched alkanes of at least 4 members (excludes halogenated alkanes) is 3. The largest absolute Gasteiger partial charge is 1.00 e. The van der Waals surface area contributed by atoms with Gasteiger partial charge in [-0.25, -0.2) is 8.42 Å². The van der Waals surface area contributed by atoms with Gasteiger partial charge in [0, 0.05) is 6.54 Å². The van der Waals surface area contributed by atoms with Crippen molar-refractivity contribution in [1.82, 2.24) is 10.7 Å². The van der Waals surface area contributed by atoms with Crippen LogP contribution in [0.15, 0.2) is 29.2 Å². The molecule has 118 valence electrons. The molecule has 6 nitrogen and oxygen atoms in total. The molecule has 9 heteroatoms. The molecule has 0 aliphatic carbocycles. The Morgan fingerprint density at radius 1 is 1.18 bits per heavy atom. The Hall–Kier alpha value is -0.380. The normalized spacial score (nSPS) is 10.5. The van der Waals surface area contributed by atoms with Crippen LogP contribution in [0.4, 0.5) is 5.69 Å². The smallest absolute Gasteiger partial charge is 0.744 e. The van der Waals surface area contributed by atoms with E-state index < -0.39 is 10.1 Å². The molecule has 0 saturated carbocycles. The fourth-order valence-corrected chi connectivity index (χ4v) is 2.25. The minimum Gasteiger partial charge on any atom is -0.744 e. The summed E-state index contributed by atoms with van der Waals surface area (Å²) in [6.45, 7) is 2.97. The molecule has 0 amide bonds. The third-order valence-electron chi connectivity index (χ3n) is 2.78. The molecule has 1 rings (SSSR count). The second-order valence-electron chi connectivity index (χ2n) is 4.55. The van der Waals surface area contributed by atoms with E-state index in [1.165, 1.54) is 43.5 Å². The maximum absolute atomic E-state index is 10.8. The molecular formula is C13H20N3NaO3S2. The molecular weight excluding hydrogens is 333 g/mol. The van der Waals surface area contributed by atoms with Crippen LogP contribution in [0.25, 0.3) is 0 Å². The first-order valence-electron chi connectivity index (χ1n) is 6.79. The number of benzene rings is 1. The Bertz CT molecular complexity index is 550. The molecule has 0 radical (unpaired) electrons. The standard InChI is InChI=1S/C13H21N3O3S2.Na/c1-2-3-4-5-10-14-13(20)16-15-11-6-8-12(9-7-11)21(17,18)19;/h6-9,15H,2-5,10H2,1H3,(H2,14,16,20)(H,17,18,19);/q;+1/p-1. The second-order valence-corrected chi connectivity index (χ2v) is 6.33. The SMILES string of the molecule is CCCCCCNC(=S)NNc1ccc(S(=O)(=O)[O-])cc1.[Na+]. The zero-order chi connectivity index (χ0) is 15.7. The van der Waals surface area contributed by atoms with Crippen molar-refractivity contribution < 1.29 is 42.5 Å². The van der Waals surface area contributed by atoms with Crippen molar-refractivity contribution in [2.45, 2.75) is 37.5 Å². The van der Waals surface area contributed by atoms with E-state index in [4.69, 9.17) is 12.2 Å². The van der Waals surface area contributed by atoms with E-state index in [-0.39, 0.29) is 34.5 Å². The summed E-state index contributed by atoms with van der Waals surface area (Å²) in [6.07, 6.45) is 4.64. The van der Waals surface area contributed by atoms with Crippen LogP contribution in [0, 0.1) is 0 Å². The van der Waals surface area contributed by atoms with Gasteiger partial charge in [0.2, 0.25) is 0 Å². The summed E-state index contributed by atoms with van der Waals surface area (Å²) < 4.78 is 32.3. The fraction of sp³-hybridized carbons (Fsp3) is 0.462. The van der Waals surface area contributed by atoms with Gasteiger partial charge in [0.1, 0.15) is 10.1 Å². The zero-order valence-electron chi connectivity index (χ0n) is 12.9. The van der Waals surface area contributed by atoms with Crippen molar-refractivity contribution >= 4 is 33.1 Å². The zero-order valence-corrected chi connectivity index (χ0v) is 16.5. The van der Waals surface area contributed by atoms with Crippen LogP contribution < -0.4 is 45.7 Å². The topological polar surface area (TPSA) is 93.3 Å². The van der Waals surface area contributed by atoms with Gasteiger partial charge in [0.05, 0.1) is 10.6 Å². The molecule has 0 unspecified atom stereocenters. The summed E-state index contributed by atoms with van der Waals surface area (Å²) in [5.74, 6) is 0. The number of hydrogen-bond donors (Lipinski definition) is 3. The Labute approximate surface area is 159 Å². The van der Waals surface area contributed by atoms with E-state index in [9.17, 15) is 13.0 Å². The Morgan fingerprint density at radius 3 is 2.36 bits per heavy atom. The maximum Gasteiger partial charge on any atom is 1.00 e. The number of thiocarbonyl (C=S) groups is 1. The molecule has 0 bridgehead atoms. The maximum atomic E-state index is 10.8. The van der Waals surface area contributed by atoms with Crippen molar-refractivity contribution in [3.8, 4) is 0 Å². The van der Waals surface area contributed by atoms with Crippen molar-refractivity contribution in [3.05, 3.63) is 24.3 Å². The molecule has 0 heterocycles. The average Bonchev–Trinajstić information content (AvgIpc) is 2.44. The van der Waals surface area contributed by atoms with Crippen molar-refractivity contribution in [3.63, 3.8) is 0 Å². The average molecular weight is 353 g/mol. The molecule has 0 fully saturated rings. The molecule has 1 aromatic carbocycles. The van der Waals surface area contributed by atoms with Gasteiger partial charge in [-0.15, -0.1) is 0 Å². The number of hydrazine groups is 1. The Kier molecular flexibility index (Phi) is 11.0. The van der Waals surface area contributed by atoms with Crippen molar-refractivity contribution in [2.24, 2.45) is 0 Å². The summed E-state index contributed by atoms with van der Waals surface area (Å²) in [7, 11) is -4.41. The van der Waals surface area contributed by atoms with Gasteiger partial charge in [0.25, 0.3) is 0 Å². The number of anilines is 1. The van der Waals surface area contributed by atoms with Crippen LogP contribution in [-0.4, -0.2) is 24.6 Å². The fourth-order valence-electron chi connectivity index (χ4n) is 1.63. The van der Waals surface area contributed by atoms with E-state index in [0.29, 0.717) is 10.8 Å². The third-order valence-corrected chi connectivity index (χ3v) is 3.88. The quantitative estimate of drug-likeness (QED) is 0.181. The van der Waals surface area contributed by atoms with Gasteiger partial charge in [0.15, 0.2) is 5.11 Å². The van der Waals surface area contributed by atoms with Crippen LogP contribution >= 0.6 is 12.2 Å². The van der Waals surface area contributed by atoms with Crippen LogP contribution in [-0.2, 0) is 10.1 Å². The van der Waals surface area contributed by atoms with Crippen molar-refractivity contribution in [1.29, 1.82) is 0 Å². The van der Waals surface area contributed by atoms with E-state index in [1.807, 2.05) is 0 Å². The number of rotatable bonds is 8. The first kappa shape index (κ1) is 21.6. The molecule has 0 spiro atoms. The summed E-state index contributed by atoms with van der Waals surface area (Å²) in [5, 5.41) is 3.52. The summed E-state index contributed by atoms with van der Waals surface area (Å²) in [4.78, 5) is -0.260. The first-order valence-corrected chi connectivity index (χ1v) is 8.61. The molecule has 3 N–H and O–H groups in total. The van der Waals surface area contributed by atoms with Gasteiger partial charge in [-0.2, -0.15) is 0 Å². The van der Waals surface area contributed by atoms with Gasteiger partial charge in [-0.3, -0.25) is 10.9 Å². The molecule has 0 atom stereocenters. The van der Waals surface area contributed by atoms with E-state index >= 15 is 0 Å². The van der Waals surface area contributed by atoms with E-state index in [1.54, 1.807) is 0 Å². The van der Waals surface area contributed by atoms with Gasteiger partial charge < -0.3 is 9.87 Å². The van der Waals surface area contributed by atoms with E-state index in [0.717, 1.165) is 13.0 Å². The molecule has 0 aliphatic rings. The Morgan fingerprint density at radius 2 is 1.82 bits per heavy atom. The molecule has 0 saturated heterocycles. The minimum atomic E-state index is -4.41. The van der Waals surface area contributed by atoms with Crippen LogP contribution in [0.1, 0.15) is 32.6 Å². The summed E-state index contributed by atoms with van der Waals surface area (Å²) in [6, 6.07) is 5.46. The van der Waals surface area contributed by atoms with Gasteiger partial charge in [-0.05, 0) is 42.9 Å². The van der Waals surface area contributed by atoms with Crippen LogP contribution in [0.2, 0.25) is 0 Å². The predicted octanol–water partition coefficient (Wildman–Crippen LogP) is -1.03. The van der Waals surface area contributed by atoms with Crippen molar-refractivity contribution in [2.75, 3.05) is 12.0 Å². The number of nitrogens with one attached hydrogen (secondary N) is 3. The molecule has 0 aliphatic heterocycles. The van der Waals surface area contributed by atoms with Crippen LogP contribution in [0.3, 0.4) is 0 Å². The molecule has 0 aromatic heterocycles. The Balaban J connectivity index is 0.00000441. The van der Waals surface area contributed by atoms with Gasteiger partial charge in [-0.1, -0.05) is 26.2 Å². The monoisotopic (exact) mass is 353 g/mol. The summed E-state index contributed by atoms with van der Waals surface area (Å²) >= 11 is 5.09. The predicted molar refractivity (Wildman–Crippen MR) is 85.9 cm³/mol. The van der Waals surface area contributed by atoms with Crippen LogP contribution in [0.5, 0.6) is 0 Å². The second kappa shape index (κ2) is 11.2. The third kappa shape index (κ3) is 8.92. The summed E-state index contributed by atoms with van der Waals surface area (Å²) in [5.41, 5.74) is 6.22. The minimum absolute atomic E-state index is 0. The number of hydrogen-bond acceptors (Lipinski definition) is 5. The molecule has 1 aromatic rings. The van der Waals surface area contributed by atoms with Gasteiger partial charge >= 0.3 is 29.6 Å². The van der Waals surface area contributed by atoms with E-state index in [2.05, 4.69) is 23.1 Å². The molecule has 22 heavy (non-hydrogen) atoms. The first-order chi connectivity index (χ1) is 9.93.